The van der Waals surface area contributed by atoms with Gasteiger partial charge >= 0.3 is 5.97 Å². The number of thiophene rings is 1. The lowest BCUT2D eigenvalue weighted by Gasteiger charge is -2.32. The van der Waals surface area contributed by atoms with Gasteiger partial charge in [0.15, 0.2) is 0 Å². The van der Waals surface area contributed by atoms with Crippen LogP contribution in [0.25, 0.3) is 0 Å². The molecule has 0 aromatic carbocycles. The Kier molecular flexibility index (Phi) is 3.63. The van der Waals surface area contributed by atoms with Crippen molar-refractivity contribution in [3.63, 3.8) is 0 Å². The van der Waals surface area contributed by atoms with E-state index in [-0.39, 0.29) is 12.2 Å². The number of ether oxygens (including phenoxy) is 1. The van der Waals surface area contributed by atoms with Crippen LogP contribution in [-0.4, -0.2) is 29.8 Å². The highest BCUT2D eigenvalue weighted by Crippen LogP contribution is 2.30. The molecule has 0 spiro atoms. The van der Waals surface area contributed by atoms with E-state index in [1.54, 1.807) is 18.3 Å². The molecule has 0 bridgehead atoms. The normalized spacial score (nSPS) is 30.2. The van der Waals surface area contributed by atoms with Crippen LogP contribution in [0.5, 0.6) is 0 Å². The first-order valence-electron chi connectivity index (χ1n) is 4.93. The SMILES string of the molecule is CC1OC(c2cc(Br)cs2)CNC1C(=O)O. The van der Waals surface area contributed by atoms with Crippen molar-refractivity contribution in [3.05, 3.63) is 20.8 Å². The maximum absolute atomic E-state index is 10.9. The molecule has 6 heteroatoms. The van der Waals surface area contributed by atoms with Crippen molar-refractivity contribution in [2.24, 2.45) is 0 Å². The number of carboxylic acid groups (broad SMARTS) is 1. The number of hydrogen-bond donors (Lipinski definition) is 2. The van der Waals surface area contributed by atoms with Crippen molar-refractivity contribution >= 4 is 33.2 Å². The van der Waals surface area contributed by atoms with E-state index in [0.29, 0.717) is 6.54 Å². The summed E-state index contributed by atoms with van der Waals surface area (Å²) in [7, 11) is 0. The van der Waals surface area contributed by atoms with Gasteiger partial charge in [-0.25, -0.2) is 0 Å². The van der Waals surface area contributed by atoms with Gasteiger partial charge in [-0.3, -0.25) is 10.1 Å². The van der Waals surface area contributed by atoms with Crippen LogP contribution in [-0.2, 0) is 9.53 Å². The largest absolute Gasteiger partial charge is 0.480 e. The molecule has 2 heterocycles. The second kappa shape index (κ2) is 4.83. The van der Waals surface area contributed by atoms with Gasteiger partial charge in [0.25, 0.3) is 0 Å². The molecular weight excluding hydrogens is 294 g/mol. The molecule has 0 amide bonds. The molecule has 3 unspecified atom stereocenters. The predicted octanol–water partition coefficient (Wildman–Crippen LogP) is 2.01. The minimum absolute atomic E-state index is 0.0538. The fraction of sp³-hybridized carbons (Fsp3) is 0.500. The molecule has 3 atom stereocenters. The highest BCUT2D eigenvalue weighted by Gasteiger charge is 2.33. The van der Waals surface area contributed by atoms with Gasteiger partial charge in [0.05, 0.1) is 6.10 Å². The Bertz CT molecular complexity index is 395. The molecule has 0 saturated carbocycles. The average Bonchev–Trinajstić information content (AvgIpc) is 2.64. The Morgan fingerprint density at radius 3 is 3.00 bits per heavy atom. The Hall–Kier alpha value is -0.430. The number of halogens is 1. The second-order valence-electron chi connectivity index (χ2n) is 3.72. The van der Waals surface area contributed by atoms with E-state index in [4.69, 9.17) is 9.84 Å². The summed E-state index contributed by atoms with van der Waals surface area (Å²) in [6, 6.07) is 1.39. The highest BCUT2D eigenvalue weighted by molar-refractivity contribution is 9.10. The molecule has 1 aliphatic rings. The lowest BCUT2D eigenvalue weighted by molar-refractivity contribution is -0.149. The first-order chi connectivity index (χ1) is 7.58. The van der Waals surface area contributed by atoms with E-state index in [1.807, 2.05) is 11.4 Å². The number of nitrogens with one attached hydrogen (secondary N) is 1. The summed E-state index contributed by atoms with van der Waals surface area (Å²) in [6.07, 6.45) is -0.376. The Morgan fingerprint density at radius 2 is 2.50 bits per heavy atom. The Labute approximate surface area is 106 Å². The van der Waals surface area contributed by atoms with Crippen LogP contribution >= 0.6 is 27.3 Å². The highest BCUT2D eigenvalue weighted by atomic mass is 79.9. The van der Waals surface area contributed by atoms with Crippen LogP contribution in [0.1, 0.15) is 17.9 Å². The summed E-state index contributed by atoms with van der Waals surface area (Å²) in [5.41, 5.74) is 0. The summed E-state index contributed by atoms with van der Waals surface area (Å²) >= 11 is 5.00. The minimum atomic E-state index is -0.863. The molecular formula is C10H12BrNO3S. The zero-order valence-corrected chi connectivity index (χ0v) is 11.0. The van der Waals surface area contributed by atoms with Gasteiger partial charge in [0.2, 0.25) is 0 Å². The summed E-state index contributed by atoms with van der Waals surface area (Å²) in [5.74, 6) is -0.863. The van der Waals surface area contributed by atoms with Gasteiger partial charge in [-0.15, -0.1) is 11.3 Å². The summed E-state index contributed by atoms with van der Waals surface area (Å²) in [4.78, 5) is 12.0. The van der Waals surface area contributed by atoms with Gasteiger partial charge in [-0.2, -0.15) is 0 Å². The van der Waals surface area contributed by atoms with Crippen molar-refractivity contribution in [3.8, 4) is 0 Å². The number of hydrogen-bond acceptors (Lipinski definition) is 4. The van der Waals surface area contributed by atoms with Crippen LogP contribution in [0.3, 0.4) is 0 Å². The molecule has 2 N–H and O–H groups in total. The smallest absolute Gasteiger partial charge is 0.323 e. The topological polar surface area (TPSA) is 58.6 Å². The quantitative estimate of drug-likeness (QED) is 0.877. The van der Waals surface area contributed by atoms with Crippen molar-refractivity contribution in [2.45, 2.75) is 25.2 Å². The maximum atomic E-state index is 10.9. The molecule has 88 valence electrons. The van der Waals surface area contributed by atoms with Crippen LogP contribution in [0.2, 0.25) is 0 Å². The fourth-order valence-electron chi connectivity index (χ4n) is 1.74. The van der Waals surface area contributed by atoms with Crippen LogP contribution in [0.15, 0.2) is 15.9 Å². The number of carboxylic acids is 1. The molecule has 0 radical (unpaired) electrons. The van der Waals surface area contributed by atoms with Gasteiger partial charge in [0, 0.05) is 21.3 Å². The molecule has 1 fully saturated rings. The van der Waals surface area contributed by atoms with Crippen LogP contribution in [0, 0.1) is 0 Å². The first kappa shape index (κ1) is 12.0. The maximum Gasteiger partial charge on any atom is 0.323 e. The van der Waals surface area contributed by atoms with Gasteiger partial charge in [-0.05, 0) is 28.9 Å². The number of rotatable bonds is 2. The molecule has 0 aliphatic carbocycles. The molecule has 4 nitrogen and oxygen atoms in total. The van der Waals surface area contributed by atoms with Crippen LogP contribution < -0.4 is 5.32 Å². The van der Waals surface area contributed by atoms with E-state index in [2.05, 4.69) is 21.2 Å². The van der Waals surface area contributed by atoms with Crippen molar-refractivity contribution in [1.29, 1.82) is 0 Å². The third-order valence-electron chi connectivity index (χ3n) is 2.54. The summed E-state index contributed by atoms with van der Waals surface area (Å²) in [6.45, 7) is 2.31. The first-order valence-corrected chi connectivity index (χ1v) is 6.61. The standard InChI is InChI=1S/C10H12BrNO3S/c1-5-9(10(13)14)12-3-7(15-5)8-2-6(11)4-16-8/h2,4-5,7,9,12H,3H2,1H3,(H,13,14). The molecule has 1 saturated heterocycles. The predicted molar refractivity (Wildman–Crippen MR) is 64.7 cm³/mol. The zero-order chi connectivity index (χ0) is 11.7. The second-order valence-corrected chi connectivity index (χ2v) is 5.58. The van der Waals surface area contributed by atoms with Crippen molar-refractivity contribution in [2.75, 3.05) is 6.54 Å². The van der Waals surface area contributed by atoms with E-state index in [9.17, 15) is 4.79 Å². The average molecular weight is 306 g/mol. The Morgan fingerprint density at radius 1 is 1.75 bits per heavy atom. The van der Waals surface area contributed by atoms with Crippen molar-refractivity contribution in [1.82, 2.24) is 5.32 Å². The zero-order valence-electron chi connectivity index (χ0n) is 8.64. The van der Waals surface area contributed by atoms with Gasteiger partial charge < -0.3 is 9.84 Å². The molecule has 1 aromatic rings. The van der Waals surface area contributed by atoms with E-state index in [1.165, 1.54) is 0 Å². The molecule has 2 rings (SSSR count). The van der Waals surface area contributed by atoms with Gasteiger partial charge in [0.1, 0.15) is 12.1 Å². The van der Waals surface area contributed by atoms with E-state index >= 15 is 0 Å². The van der Waals surface area contributed by atoms with Gasteiger partial charge in [-0.1, -0.05) is 0 Å². The fourth-order valence-corrected chi connectivity index (χ4v) is 3.22. The summed E-state index contributed by atoms with van der Waals surface area (Å²) in [5, 5.41) is 13.9. The number of morpholine rings is 1. The summed E-state index contributed by atoms with van der Waals surface area (Å²) < 4.78 is 6.74. The molecule has 16 heavy (non-hydrogen) atoms. The van der Waals surface area contributed by atoms with E-state index < -0.39 is 12.0 Å². The number of aliphatic carboxylic acids is 1. The number of carbonyl (C=O) groups is 1. The van der Waals surface area contributed by atoms with Crippen molar-refractivity contribution < 1.29 is 14.6 Å². The minimum Gasteiger partial charge on any atom is -0.480 e. The lowest BCUT2D eigenvalue weighted by atomic mass is 10.1. The van der Waals surface area contributed by atoms with E-state index in [0.717, 1.165) is 9.35 Å². The third kappa shape index (κ3) is 2.45. The monoisotopic (exact) mass is 305 g/mol. The molecule has 1 aliphatic heterocycles. The molecule has 1 aromatic heterocycles. The lowest BCUT2D eigenvalue weighted by Crippen LogP contribution is -2.52. The third-order valence-corrected chi connectivity index (χ3v) is 4.33. The Balaban J connectivity index is 2.05. The van der Waals surface area contributed by atoms with Crippen LogP contribution in [0.4, 0.5) is 0 Å².